The second kappa shape index (κ2) is 12.8. The molecule has 0 spiro atoms. The van der Waals surface area contributed by atoms with Crippen molar-refractivity contribution in [1.29, 1.82) is 0 Å². The molecule has 0 amide bonds. The number of hydrogen-bond donors (Lipinski definition) is 1. The molecule has 0 bridgehead atoms. The van der Waals surface area contributed by atoms with Crippen LogP contribution in [0.4, 0.5) is 11.4 Å². The van der Waals surface area contributed by atoms with Crippen LogP contribution in [0.25, 0.3) is 26.9 Å². The molecule has 1 atom stereocenters. The van der Waals surface area contributed by atoms with Gasteiger partial charge >= 0.3 is 0 Å². The van der Waals surface area contributed by atoms with E-state index in [1.807, 2.05) is 87.5 Å². The van der Waals surface area contributed by atoms with Gasteiger partial charge in [0.1, 0.15) is 11.5 Å². The van der Waals surface area contributed by atoms with Crippen LogP contribution in [0, 0.1) is 33.9 Å². The lowest BCUT2D eigenvalue weighted by atomic mass is 10.1. The minimum atomic E-state index is -1.67. The lowest BCUT2D eigenvalue weighted by molar-refractivity contribution is 0.544. The van der Waals surface area contributed by atoms with Crippen molar-refractivity contribution in [1.82, 2.24) is 19.5 Å². The molecule has 1 aromatic heterocycles. The highest BCUT2D eigenvalue weighted by Crippen LogP contribution is 2.33. The lowest BCUT2D eigenvalue weighted by Crippen LogP contribution is -2.34. The highest BCUT2D eigenvalue weighted by molar-refractivity contribution is 7.78. The third-order valence-electron chi connectivity index (χ3n) is 6.98. The average molecular weight is 591 g/mol. The maximum absolute atomic E-state index is 12.5. The average Bonchev–Trinajstić information content (AvgIpc) is 3.56. The van der Waals surface area contributed by atoms with Crippen molar-refractivity contribution in [2.45, 2.75) is 27.7 Å². The van der Waals surface area contributed by atoms with E-state index >= 15 is 0 Å². The van der Waals surface area contributed by atoms with Crippen LogP contribution in [0.5, 0.6) is 5.75 Å². The van der Waals surface area contributed by atoms with Gasteiger partial charge in [-0.25, -0.2) is 9.57 Å². The van der Waals surface area contributed by atoms with Gasteiger partial charge in [0.2, 0.25) is 17.3 Å². The predicted molar refractivity (Wildman–Crippen MR) is 170 cm³/mol. The first-order chi connectivity index (χ1) is 20.8. The van der Waals surface area contributed by atoms with E-state index in [2.05, 4.69) is 36.3 Å². The van der Waals surface area contributed by atoms with Gasteiger partial charge < -0.3 is 13.9 Å². The van der Waals surface area contributed by atoms with Crippen LogP contribution >= 0.6 is 0 Å². The van der Waals surface area contributed by atoms with Crippen molar-refractivity contribution in [3.8, 4) is 17.1 Å². The molecule has 10 nitrogen and oxygen atoms in total. The van der Waals surface area contributed by atoms with Crippen LogP contribution < -0.4 is 13.8 Å². The number of benzene rings is 3. The zero-order valence-electron chi connectivity index (χ0n) is 24.3. The molecule has 1 aliphatic heterocycles. The van der Waals surface area contributed by atoms with Crippen molar-refractivity contribution in [3.05, 3.63) is 118 Å². The maximum Gasteiger partial charge on any atom is 0.288 e. The van der Waals surface area contributed by atoms with Crippen LogP contribution in [-0.4, -0.2) is 44.3 Å². The molecule has 0 fully saturated rings. The number of likely N-dealkylation sites (N-methyl/N-ethyl adjacent to an activating group) is 1. The van der Waals surface area contributed by atoms with Crippen LogP contribution in [0.3, 0.4) is 0 Å². The number of allylic oxidation sites excluding steroid dienone is 1. The van der Waals surface area contributed by atoms with E-state index in [9.17, 15) is 4.21 Å². The van der Waals surface area contributed by atoms with Gasteiger partial charge in [-0.05, 0) is 68.7 Å². The van der Waals surface area contributed by atoms with Gasteiger partial charge in [-0.3, -0.25) is 4.99 Å². The third-order valence-corrected chi connectivity index (χ3v) is 7.75. The standard InChI is InChI=1S/C32H30N8O2S/c1-7-39(18-17-35-43(41)42-27-19-21(2)13-14-22(27)3)25-15-16-26(23(4)20-25)36-29-28(33-5)31(34-6)40-32(29)37-30(38-40)24-11-9-8-10-12-24/h8-16,19-20,35H,7,17-18H2,1-4H3. The molecule has 1 unspecified atom stereocenters. The number of aromatic nitrogens is 3. The molecule has 216 valence electrons. The first-order valence-electron chi connectivity index (χ1n) is 13.7. The Hall–Kier alpha value is -5.10. The number of rotatable bonds is 10. The predicted octanol–water partition coefficient (Wildman–Crippen LogP) is 6.04. The SMILES string of the molecule is [C-]#[N+]C1=C([N+]#[C-])n2nc(-c3ccccc3)nc2C1=Nc1ccc(N(CC)CCNS(=O)Oc2cc(C)ccc2C)cc1C. The number of anilines is 1. The van der Waals surface area contributed by atoms with E-state index in [1.165, 1.54) is 4.68 Å². The van der Waals surface area contributed by atoms with Crippen LogP contribution in [0.15, 0.2) is 77.4 Å². The summed E-state index contributed by atoms with van der Waals surface area (Å²) in [7, 11) is 0. The third kappa shape index (κ3) is 6.24. The van der Waals surface area contributed by atoms with Crippen LogP contribution in [0.1, 0.15) is 29.4 Å². The molecule has 2 heterocycles. The van der Waals surface area contributed by atoms with Gasteiger partial charge in [0, 0.05) is 30.9 Å². The number of aliphatic imine (C=N–C) groups is 1. The molecule has 1 aliphatic rings. The van der Waals surface area contributed by atoms with Crippen molar-refractivity contribution < 1.29 is 8.39 Å². The van der Waals surface area contributed by atoms with E-state index in [1.54, 1.807) is 0 Å². The molecule has 0 radical (unpaired) electrons. The first-order valence-corrected chi connectivity index (χ1v) is 14.8. The van der Waals surface area contributed by atoms with E-state index < -0.39 is 11.3 Å². The van der Waals surface area contributed by atoms with E-state index in [0.717, 1.165) is 34.5 Å². The first kappa shape index (κ1) is 29.4. The molecule has 4 aromatic rings. The summed E-state index contributed by atoms with van der Waals surface area (Å²) in [5.74, 6) is 1.53. The molecular weight excluding hydrogens is 560 g/mol. The quantitative estimate of drug-likeness (QED) is 0.227. The zero-order valence-corrected chi connectivity index (χ0v) is 25.1. The van der Waals surface area contributed by atoms with Crippen molar-refractivity contribution in [3.63, 3.8) is 0 Å². The Morgan fingerprint density at radius 1 is 1.02 bits per heavy atom. The lowest BCUT2D eigenvalue weighted by Gasteiger charge is -2.24. The summed E-state index contributed by atoms with van der Waals surface area (Å²) in [6.07, 6.45) is 0. The Bertz CT molecular complexity index is 1850. The Morgan fingerprint density at radius 3 is 2.51 bits per heavy atom. The summed E-state index contributed by atoms with van der Waals surface area (Å²) in [6.45, 7) is 25.1. The fourth-order valence-electron chi connectivity index (χ4n) is 4.66. The van der Waals surface area contributed by atoms with Gasteiger partial charge in [-0.1, -0.05) is 54.1 Å². The molecule has 5 rings (SSSR count). The summed E-state index contributed by atoms with van der Waals surface area (Å²) in [5, 5.41) is 4.51. The van der Waals surface area contributed by atoms with Gasteiger partial charge in [-0.2, -0.15) is 13.9 Å². The molecule has 0 aliphatic carbocycles. The molecule has 0 saturated heterocycles. The van der Waals surface area contributed by atoms with Crippen LogP contribution in [0.2, 0.25) is 0 Å². The summed E-state index contributed by atoms with van der Waals surface area (Å²) in [6, 6.07) is 21.2. The van der Waals surface area contributed by atoms with Crippen molar-refractivity contribution in [2.75, 3.05) is 24.5 Å². The number of fused-ring (bicyclic) bond motifs is 1. The fraction of sp³-hybridized carbons (Fsp3) is 0.219. The van der Waals surface area contributed by atoms with Gasteiger partial charge in [-0.15, -0.1) is 0 Å². The number of aryl methyl sites for hydroxylation is 3. The van der Waals surface area contributed by atoms with Gasteiger partial charge in [0.05, 0.1) is 12.3 Å². The smallest absolute Gasteiger partial charge is 0.288 e. The van der Waals surface area contributed by atoms with Gasteiger partial charge in [0.25, 0.3) is 17.1 Å². The monoisotopic (exact) mass is 590 g/mol. The normalized spacial score (nSPS) is 13.9. The molecule has 0 saturated carbocycles. The second-order valence-electron chi connectivity index (χ2n) is 9.92. The molecule has 43 heavy (non-hydrogen) atoms. The largest absolute Gasteiger partial charge is 0.389 e. The van der Waals surface area contributed by atoms with E-state index in [-0.39, 0.29) is 11.5 Å². The minimum absolute atomic E-state index is 0.0938. The van der Waals surface area contributed by atoms with E-state index in [0.29, 0.717) is 41.9 Å². The number of nitrogens with one attached hydrogen (secondary N) is 1. The fourth-order valence-corrected chi connectivity index (χ4v) is 5.32. The summed E-state index contributed by atoms with van der Waals surface area (Å²) in [4.78, 5) is 18.8. The Kier molecular flexibility index (Phi) is 8.77. The maximum atomic E-state index is 12.5. The second-order valence-corrected chi connectivity index (χ2v) is 10.8. The molecule has 11 heteroatoms. The van der Waals surface area contributed by atoms with Crippen molar-refractivity contribution >= 4 is 34.2 Å². The summed E-state index contributed by atoms with van der Waals surface area (Å²) < 4.78 is 22.5. The molecule has 1 N–H and O–H groups in total. The Balaban J connectivity index is 1.33. The number of hydrogen-bond acceptors (Lipinski definition) is 6. The summed E-state index contributed by atoms with van der Waals surface area (Å²) in [5.41, 5.74) is 5.78. The Labute approximate surface area is 253 Å². The highest BCUT2D eigenvalue weighted by Gasteiger charge is 2.35. The minimum Gasteiger partial charge on any atom is -0.389 e. The van der Waals surface area contributed by atoms with Gasteiger partial charge in [0.15, 0.2) is 0 Å². The molecule has 3 aromatic carbocycles. The Morgan fingerprint density at radius 2 is 1.81 bits per heavy atom. The molecular formula is C32H30N8O2S. The zero-order chi connectivity index (χ0) is 30.5. The van der Waals surface area contributed by atoms with E-state index in [4.69, 9.17) is 22.3 Å². The topological polar surface area (TPSA) is 93.4 Å². The van der Waals surface area contributed by atoms with Crippen LogP contribution in [-0.2, 0) is 11.3 Å². The highest BCUT2D eigenvalue weighted by atomic mass is 32.2. The number of nitrogens with zero attached hydrogens (tertiary/aromatic N) is 7. The van der Waals surface area contributed by atoms with Crippen molar-refractivity contribution in [2.24, 2.45) is 4.99 Å². The summed E-state index contributed by atoms with van der Waals surface area (Å²) >= 11 is -1.67.